The molecule has 1 saturated carbocycles. The van der Waals surface area contributed by atoms with Gasteiger partial charge in [-0.15, -0.1) is 0 Å². The Kier molecular flexibility index (Phi) is 4.73. The van der Waals surface area contributed by atoms with Gasteiger partial charge in [-0.1, -0.05) is 6.92 Å². The van der Waals surface area contributed by atoms with Crippen molar-refractivity contribution in [2.45, 2.75) is 58.0 Å². The average Bonchev–Trinajstić information content (AvgIpc) is 2.19. The topological polar surface area (TPSA) is 98.2 Å². The fourth-order valence-electron chi connectivity index (χ4n) is 2.51. The quantitative estimate of drug-likeness (QED) is 0.683. The van der Waals surface area contributed by atoms with Crippen molar-refractivity contribution in [2.24, 2.45) is 23.3 Å². The monoisotopic (exact) mass is 255 g/mol. The Bertz CT molecular complexity index is 328. The summed E-state index contributed by atoms with van der Waals surface area (Å²) in [7, 11) is 0. The predicted molar refractivity (Wildman–Crippen MR) is 70.5 cm³/mol. The number of nitrogens with one attached hydrogen (secondary N) is 1. The largest absolute Gasteiger partial charge is 0.370 e. The van der Waals surface area contributed by atoms with E-state index < -0.39 is 11.4 Å². The molecule has 2 amide bonds. The highest BCUT2D eigenvalue weighted by atomic mass is 16.2. The zero-order valence-electron chi connectivity index (χ0n) is 11.5. The third-order valence-corrected chi connectivity index (χ3v) is 3.71. The number of carbonyl (C=O) groups is 2. The van der Waals surface area contributed by atoms with Gasteiger partial charge in [0.05, 0.1) is 0 Å². The van der Waals surface area contributed by atoms with Crippen molar-refractivity contribution in [3.63, 3.8) is 0 Å². The maximum atomic E-state index is 12.1. The van der Waals surface area contributed by atoms with Gasteiger partial charge in [-0.2, -0.15) is 0 Å². The van der Waals surface area contributed by atoms with Crippen LogP contribution in [-0.4, -0.2) is 23.4 Å². The van der Waals surface area contributed by atoms with E-state index >= 15 is 0 Å². The Morgan fingerprint density at radius 1 is 1.33 bits per heavy atom. The van der Waals surface area contributed by atoms with E-state index in [0.717, 1.165) is 19.3 Å². The molecule has 0 radical (unpaired) electrons. The molecule has 1 aliphatic rings. The molecule has 104 valence electrons. The van der Waals surface area contributed by atoms with E-state index in [0.29, 0.717) is 5.92 Å². The number of primary amides is 1. The number of amides is 2. The van der Waals surface area contributed by atoms with Gasteiger partial charge in [-0.25, -0.2) is 0 Å². The molecule has 3 atom stereocenters. The third-order valence-electron chi connectivity index (χ3n) is 3.71. The van der Waals surface area contributed by atoms with E-state index in [1.807, 2.05) is 0 Å². The minimum Gasteiger partial charge on any atom is -0.370 e. The van der Waals surface area contributed by atoms with Crippen LogP contribution in [0.15, 0.2) is 0 Å². The van der Waals surface area contributed by atoms with Crippen LogP contribution < -0.4 is 16.8 Å². The van der Waals surface area contributed by atoms with Gasteiger partial charge in [0.1, 0.15) is 0 Å². The van der Waals surface area contributed by atoms with Crippen LogP contribution in [0.1, 0.15) is 46.5 Å². The summed E-state index contributed by atoms with van der Waals surface area (Å²) in [5.41, 5.74) is 10.6. The van der Waals surface area contributed by atoms with Gasteiger partial charge in [-0.05, 0) is 39.0 Å². The third kappa shape index (κ3) is 4.29. The van der Waals surface area contributed by atoms with E-state index in [-0.39, 0.29) is 24.3 Å². The highest BCUT2D eigenvalue weighted by molar-refractivity contribution is 5.81. The Labute approximate surface area is 109 Å². The molecule has 0 aromatic heterocycles. The van der Waals surface area contributed by atoms with Crippen molar-refractivity contribution in [3.8, 4) is 0 Å². The van der Waals surface area contributed by atoms with Crippen LogP contribution in [0, 0.1) is 11.8 Å². The second kappa shape index (κ2) is 5.69. The molecule has 0 saturated heterocycles. The minimum atomic E-state index is -0.587. The van der Waals surface area contributed by atoms with Crippen LogP contribution in [0.5, 0.6) is 0 Å². The number of nitrogens with two attached hydrogens (primary N) is 2. The second-order valence-electron chi connectivity index (χ2n) is 6.17. The Morgan fingerprint density at radius 2 is 1.94 bits per heavy atom. The summed E-state index contributed by atoms with van der Waals surface area (Å²) in [5, 5.41) is 2.90. The van der Waals surface area contributed by atoms with Crippen LogP contribution in [0.4, 0.5) is 0 Å². The summed E-state index contributed by atoms with van der Waals surface area (Å²) in [4.78, 5) is 23.0. The van der Waals surface area contributed by atoms with Crippen LogP contribution in [0.3, 0.4) is 0 Å². The van der Waals surface area contributed by atoms with Crippen LogP contribution >= 0.6 is 0 Å². The number of rotatable bonds is 4. The van der Waals surface area contributed by atoms with Crippen molar-refractivity contribution in [2.75, 3.05) is 0 Å². The molecule has 1 rings (SSSR count). The Hall–Kier alpha value is -1.10. The molecule has 18 heavy (non-hydrogen) atoms. The first-order valence-corrected chi connectivity index (χ1v) is 6.57. The SMILES string of the molecule is CC1CCC(C(=O)NC(C)(C)CC(N)=O)CC1N. The molecule has 0 aromatic rings. The Morgan fingerprint density at radius 3 is 2.44 bits per heavy atom. The first-order valence-electron chi connectivity index (χ1n) is 6.57. The lowest BCUT2D eigenvalue weighted by Gasteiger charge is -2.33. The maximum absolute atomic E-state index is 12.1. The molecule has 3 unspecified atom stereocenters. The summed E-state index contributed by atoms with van der Waals surface area (Å²) in [5.74, 6) is 0.0221. The summed E-state index contributed by atoms with van der Waals surface area (Å²) in [6.07, 6.45) is 2.72. The van der Waals surface area contributed by atoms with E-state index in [9.17, 15) is 9.59 Å². The molecular weight excluding hydrogens is 230 g/mol. The van der Waals surface area contributed by atoms with E-state index in [1.54, 1.807) is 13.8 Å². The van der Waals surface area contributed by atoms with E-state index in [4.69, 9.17) is 11.5 Å². The van der Waals surface area contributed by atoms with Crippen molar-refractivity contribution in [1.82, 2.24) is 5.32 Å². The van der Waals surface area contributed by atoms with Crippen molar-refractivity contribution in [3.05, 3.63) is 0 Å². The lowest BCUT2D eigenvalue weighted by molar-refractivity contribution is -0.128. The van der Waals surface area contributed by atoms with Gasteiger partial charge < -0.3 is 16.8 Å². The highest BCUT2D eigenvalue weighted by Crippen LogP contribution is 2.28. The van der Waals surface area contributed by atoms with Crippen molar-refractivity contribution < 1.29 is 9.59 Å². The molecule has 5 nitrogen and oxygen atoms in total. The minimum absolute atomic E-state index is 0.0106. The maximum Gasteiger partial charge on any atom is 0.223 e. The number of hydrogen-bond acceptors (Lipinski definition) is 3. The summed E-state index contributed by atoms with van der Waals surface area (Å²) < 4.78 is 0. The molecule has 1 fully saturated rings. The molecule has 5 heteroatoms. The summed E-state index contributed by atoms with van der Waals surface area (Å²) in [6, 6.07) is 0.0914. The number of hydrogen-bond donors (Lipinski definition) is 3. The summed E-state index contributed by atoms with van der Waals surface area (Å²) in [6.45, 7) is 5.73. The van der Waals surface area contributed by atoms with Gasteiger partial charge in [0.2, 0.25) is 11.8 Å². The fraction of sp³-hybridized carbons (Fsp3) is 0.846. The first-order chi connectivity index (χ1) is 8.21. The zero-order chi connectivity index (χ0) is 13.9. The van der Waals surface area contributed by atoms with Crippen molar-refractivity contribution >= 4 is 11.8 Å². The fourth-order valence-corrected chi connectivity index (χ4v) is 2.51. The summed E-state index contributed by atoms with van der Waals surface area (Å²) >= 11 is 0. The van der Waals surface area contributed by atoms with Crippen LogP contribution in [0.2, 0.25) is 0 Å². The molecule has 0 spiro atoms. The first kappa shape index (κ1) is 15.0. The molecule has 5 N–H and O–H groups in total. The standard InChI is InChI=1S/C13H25N3O2/c1-8-4-5-9(6-10(8)14)12(18)16-13(2,3)7-11(15)17/h8-10H,4-7,14H2,1-3H3,(H2,15,17)(H,16,18). The molecule has 1 aliphatic carbocycles. The Balaban J connectivity index is 2.53. The molecule has 0 bridgehead atoms. The van der Waals surface area contributed by atoms with E-state index in [2.05, 4.69) is 12.2 Å². The average molecular weight is 255 g/mol. The van der Waals surface area contributed by atoms with Gasteiger partial charge in [-0.3, -0.25) is 9.59 Å². The lowest BCUT2D eigenvalue weighted by atomic mass is 9.79. The van der Waals surface area contributed by atoms with Gasteiger partial charge in [0.15, 0.2) is 0 Å². The predicted octanol–water partition coefficient (Wildman–Crippen LogP) is 0.520. The number of carbonyl (C=O) groups excluding carboxylic acids is 2. The van der Waals surface area contributed by atoms with Gasteiger partial charge in [0, 0.05) is 23.9 Å². The molecule has 0 aliphatic heterocycles. The normalized spacial score (nSPS) is 28.8. The highest BCUT2D eigenvalue weighted by Gasteiger charge is 2.32. The van der Waals surface area contributed by atoms with E-state index in [1.165, 1.54) is 0 Å². The van der Waals surface area contributed by atoms with Gasteiger partial charge >= 0.3 is 0 Å². The lowest BCUT2D eigenvalue weighted by Crippen LogP contribution is -2.50. The molecule has 0 heterocycles. The molecular formula is C13H25N3O2. The second-order valence-corrected chi connectivity index (χ2v) is 6.17. The molecule has 0 aromatic carbocycles. The van der Waals surface area contributed by atoms with Crippen molar-refractivity contribution in [1.29, 1.82) is 0 Å². The smallest absolute Gasteiger partial charge is 0.223 e. The van der Waals surface area contributed by atoms with Crippen LogP contribution in [-0.2, 0) is 9.59 Å². The zero-order valence-corrected chi connectivity index (χ0v) is 11.5. The van der Waals surface area contributed by atoms with Gasteiger partial charge in [0.25, 0.3) is 0 Å². The van der Waals surface area contributed by atoms with Crippen LogP contribution in [0.25, 0.3) is 0 Å².